The summed E-state index contributed by atoms with van der Waals surface area (Å²) in [7, 11) is 0. The van der Waals surface area contributed by atoms with Crippen LogP contribution in [0, 0.1) is 0 Å². The van der Waals surface area contributed by atoms with Crippen LogP contribution in [0.5, 0.6) is 0 Å². The summed E-state index contributed by atoms with van der Waals surface area (Å²) in [4.78, 5) is 4.15. The third kappa shape index (κ3) is 2.67. The minimum absolute atomic E-state index is 0.0533. The van der Waals surface area contributed by atoms with E-state index in [1.807, 2.05) is 6.92 Å². The molecule has 4 nitrogen and oxygen atoms in total. The normalized spacial score (nSPS) is 12.7. The van der Waals surface area contributed by atoms with Gasteiger partial charge in [-0.3, -0.25) is 0 Å². The summed E-state index contributed by atoms with van der Waals surface area (Å²) >= 11 is 0. The molecule has 1 aromatic heterocycles. The summed E-state index contributed by atoms with van der Waals surface area (Å²) in [5.74, 6) is 1.06. The fourth-order valence-corrected chi connectivity index (χ4v) is 1.21. The fourth-order valence-electron chi connectivity index (χ4n) is 1.21. The standard InChI is InChI=1S/C10H16N2O2/c1-4-7-8(13-6-3)10-11-9(5-2)14-12-10/h5,8H,2,4,6-7H2,1,3H3. The quantitative estimate of drug-likeness (QED) is 0.701. The van der Waals surface area contributed by atoms with Crippen LogP contribution in [0.3, 0.4) is 0 Å². The molecule has 0 aliphatic heterocycles. The van der Waals surface area contributed by atoms with Crippen molar-refractivity contribution < 1.29 is 9.26 Å². The Morgan fingerprint density at radius 2 is 2.36 bits per heavy atom. The summed E-state index contributed by atoms with van der Waals surface area (Å²) in [5.41, 5.74) is 0. The maximum absolute atomic E-state index is 5.51. The van der Waals surface area contributed by atoms with Crippen LogP contribution in [0.2, 0.25) is 0 Å². The molecule has 0 aliphatic carbocycles. The van der Waals surface area contributed by atoms with Crippen LogP contribution < -0.4 is 0 Å². The van der Waals surface area contributed by atoms with Gasteiger partial charge in [-0.2, -0.15) is 4.98 Å². The Morgan fingerprint density at radius 3 is 2.86 bits per heavy atom. The first-order chi connectivity index (χ1) is 6.81. The van der Waals surface area contributed by atoms with E-state index < -0.39 is 0 Å². The minimum atomic E-state index is -0.0533. The van der Waals surface area contributed by atoms with E-state index in [2.05, 4.69) is 23.6 Å². The average molecular weight is 196 g/mol. The van der Waals surface area contributed by atoms with Crippen molar-refractivity contribution in [1.29, 1.82) is 0 Å². The summed E-state index contributed by atoms with van der Waals surface area (Å²) in [6.45, 7) is 8.27. The zero-order valence-electron chi connectivity index (χ0n) is 8.69. The topological polar surface area (TPSA) is 48.2 Å². The highest BCUT2D eigenvalue weighted by molar-refractivity contribution is 5.32. The van der Waals surface area contributed by atoms with Crippen LogP contribution in [0.15, 0.2) is 11.1 Å². The number of rotatable bonds is 6. The predicted octanol–water partition coefficient (Wildman–Crippen LogP) is 2.59. The van der Waals surface area contributed by atoms with E-state index in [9.17, 15) is 0 Å². The lowest BCUT2D eigenvalue weighted by atomic mass is 10.2. The average Bonchev–Trinajstić information content (AvgIpc) is 2.65. The Bertz CT molecular complexity index is 277. The van der Waals surface area contributed by atoms with Crippen molar-refractivity contribution in [3.8, 4) is 0 Å². The highest BCUT2D eigenvalue weighted by Crippen LogP contribution is 2.19. The molecule has 0 saturated carbocycles. The van der Waals surface area contributed by atoms with Crippen molar-refractivity contribution >= 4 is 6.08 Å². The van der Waals surface area contributed by atoms with Crippen molar-refractivity contribution in [3.63, 3.8) is 0 Å². The number of ether oxygens (including phenoxy) is 1. The van der Waals surface area contributed by atoms with E-state index in [1.54, 1.807) is 0 Å². The van der Waals surface area contributed by atoms with Gasteiger partial charge in [0.15, 0.2) is 0 Å². The van der Waals surface area contributed by atoms with Gasteiger partial charge < -0.3 is 9.26 Å². The molecule has 0 spiro atoms. The lowest BCUT2D eigenvalue weighted by molar-refractivity contribution is 0.0478. The second kappa shape index (κ2) is 5.54. The van der Waals surface area contributed by atoms with Crippen LogP contribution in [0.1, 0.15) is 44.5 Å². The van der Waals surface area contributed by atoms with Gasteiger partial charge in [0, 0.05) is 6.61 Å². The van der Waals surface area contributed by atoms with Gasteiger partial charge in [-0.1, -0.05) is 25.1 Å². The monoisotopic (exact) mass is 196 g/mol. The van der Waals surface area contributed by atoms with E-state index >= 15 is 0 Å². The predicted molar refractivity (Wildman–Crippen MR) is 53.7 cm³/mol. The minimum Gasteiger partial charge on any atom is -0.370 e. The van der Waals surface area contributed by atoms with Crippen molar-refractivity contribution in [1.82, 2.24) is 10.1 Å². The Balaban J connectivity index is 2.70. The van der Waals surface area contributed by atoms with Gasteiger partial charge in [-0.05, 0) is 19.4 Å². The van der Waals surface area contributed by atoms with Crippen molar-refractivity contribution in [2.24, 2.45) is 0 Å². The van der Waals surface area contributed by atoms with Gasteiger partial charge in [-0.25, -0.2) is 0 Å². The van der Waals surface area contributed by atoms with Gasteiger partial charge in [0.1, 0.15) is 6.10 Å². The molecule has 1 heterocycles. The zero-order chi connectivity index (χ0) is 10.4. The Kier molecular flexibility index (Phi) is 4.32. The molecule has 0 N–H and O–H groups in total. The number of hydrogen-bond acceptors (Lipinski definition) is 4. The smallest absolute Gasteiger partial charge is 0.250 e. The van der Waals surface area contributed by atoms with Gasteiger partial charge in [0.2, 0.25) is 11.7 Å². The van der Waals surface area contributed by atoms with Gasteiger partial charge >= 0.3 is 0 Å². The number of nitrogens with zero attached hydrogens (tertiary/aromatic N) is 2. The van der Waals surface area contributed by atoms with Gasteiger partial charge in [0.05, 0.1) is 0 Å². The summed E-state index contributed by atoms with van der Waals surface area (Å²) in [6.07, 6.45) is 3.42. The van der Waals surface area contributed by atoms with E-state index in [4.69, 9.17) is 9.26 Å². The maximum Gasteiger partial charge on any atom is 0.250 e. The molecule has 4 heteroatoms. The summed E-state index contributed by atoms with van der Waals surface area (Å²) in [6, 6.07) is 0. The highest BCUT2D eigenvalue weighted by Gasteiger charge is 2.16. The second-order valence-corrected chi connectivity index (χ2v) is 2.93. The number of hydrogen-bond donors (Lipinski definition) is 0. The van der Waals surface area contributed by atoms with Crippen LogP contribution in [0.25, 0.3) is 6.08 Å². The molecule has 0 bridgehead atoms. The molecule has 14 heavy (non-hydrogen) atoms. The third-order valence-electron chi connectivity index (χ3n) is 1.84. The summed E-state index contributed by atoms with van der Waals surface area (Å²) < 4.78 is 10.4. The van der Waals surface area contributed by atoms with E-state index in [0.29, 0.717) is 18.3 Å². The number of aromatic nitrogens is 2. The first kappa shape index (κ1) is 10.9. The van der Waals surface area contributed by atoms with Crippen LogP contribution >= 0.6 is 0 Å². The molecular weight excluding hydrogens is 180 g/mol. The maximum atomic E-state index is 5.51. The summed E-state index contributed by atoms with van der Waals surface area (Å²) in [5, 5.41) is 3.84. The Morgan fingerprint density at radius 1 is 1.57 bits per heavy atom. The molecule has 0 aliphatic rings. The van der Waals surface area contributed by atoms with Gasteiger partial charge in [-0.15, -0.1) is 0 Å². The van der Waals surface area contributed by atoms with Crippen molar-refractivity contribution in [3.05, 3.63) is 18.3 Å². The molecule has 78 valence electrons. The molecule has 1 rings (SSSR count). The lowest BCUT2D eigenvalue weighted by Crippen LogP contribution is -2.05. The largest absolute Gasteiger partial charge is 0.370 e. The van der Waals surface area contributed by atoms with Crippen LogP contribution in [-0.4, -0.2) is 16.7 Å². The first-order valence-corrected chi connectivity index (χ1v) is 4.89. The SMILES string of the molecule is C=Cc1nc(C(CCC)OCC)no1. The van der Waals surface area contributed by atoms with Crippen molar-refractivity contribution in [2.75, 3.05) is 6.61 Å². The van der Waals surface area contributed by atoms with Crippen LogP contribution in [0.4, 0.5) is 0 Å². The molecule has 1 atom stereocenters. The second-order valence-electron chi connectivity index (χ2n) is 2.93. The first-order valence-electron chi connectivity index (χ1n) is 4.89. The van der Waals surface area contributed by atoms with E-state index in [0.717, 1.165) is 12.8 Å². The fraction of sp³-hybridized carbons (Fsp3) is 0.600. The lowest BCUT2D eigenvalue weighted by Gasteiger charge is -2.10. The van der Waals surface area contributed by atoms with Gasteiger partial charge in [0.25, 0.3) is 0 Å². The highest BCUT2D eigenvalue weighted by atomic mass is 16.5. The molecule has 1 aromatic rings. The van der Waals surface area contributed by atoms with E-state index in [-0.39, 0.29) is 6.10 Å². The zero-order valence-corrected chi connectivity index (χ0v) is 8.69. The van der Waals surface area contributed by atoms with E-state index in [1.165, 1.54) is 6.08 Å². The third-order valence-corrected chi connectivity index (χ3v) is 1.84. The Labute approximate surface area is 84.0 Å². The molecular formula is C10H16N2O2. The Hall–Kier alpha value is -1.16. The van der Waals surface area contributed by atoms with Crippen molar-refractivity contribution in [2.45, 2.75) is 32.8 Å². The molecule has 1 unspecified atom stereocenters. The molecule has 0 amide bonds. The molecule has 0 saturated heterocycles. The molecule has 0 aromatic carbocycles. The molecule has 0 radical (unpaired) electrons. The van der Waals surface area contributed by atoms with Crippen LogP contribution in [-0.2, 0) is 4.74 Å². The molecule has 0 fully saturated rings.